The fourth-order valence-corrected chi connectivity index (χ4v) is 6.86. The van der Waals surface area contributed by atoms with Gasteiger partial charge in [-0.25, -0.2) is 0 Å². The second-order valence-corrected chi connectivity index (χ2v) is 12.8. The number of ketones is 1. The maximum absolute atomic E-state index is 14.4. The van der Waals surface area contributed by atoms with Crippen molar-refractivity contribution in [3.05, 3.63) is 119 Å². The number of anilines is 2. The molecule has 0 saturated heterocycles. The summed E-state index contributed by atoms with van der Waals surface area (Å²) in [6, 6.07) is 28.1. The second kappa shape index (κ2) is 15.5. The number of benzene rings is 4. The molecule has 8 nitrogen and oxygen atoms in total. The van der Waals surface area contributed by atoms with E-state index in [4.69, 9.17) is 9.47 Å². The predicted molar refractivity (Wildman–Crippen MR) is 192 cm³/mol. The van der Waals surface area contributed by atoms with E-state index in [0.29, 0.717) is 54.5 Å². The minimum Gasteiger partial charge on any atom is -0.490 e. The Labute approximate surface area is 288 Å². The smallest absolute Gasteiger partial charge is 0.235 e. The van der Waals surface area contributed by atoms with Gasteiger partial charge in [-0.15, -0.1) is 0 Å². The first-order valence-electron chi connectivity index (χ1n) is 17.0. The molecule has 5 rings (SSSR count). The molecule has 0 bridgehead atoms. The molecule has 0 heterocycles. The molecule has 3 N–H and O–H groups in total. The Morgan fingerprint density at radius 3 is 1.94 bits per heavy atom. The molecule has 49 heavy (non-hydrogen) atoms. The van der Waals surface area contributed by atoms with Gasteiger partial charge in [0, 0.05) is 23.7 Å². The summed E-state index contributed by atoms with van der Waals surface area (Å²) in [7, 11) is 0. The Balaban J connectivity index is 1.59. The molecule has 4 aromatic carbocycles. The highest BCUT2D eigenvalue weighted by Gasteiger charge is 2.56. The highest BCUT2D eigenvalue weighted by molar-refractivity contribution is 6.10. The Morgan fingerprint density at radius 1 is 0.776 bits per heavy atom. The third-order valence-corrected chi connectivity index (χ3v) is 9.44. The van der Waals surface area contributed by atoms with Crippen molar-refractivity contribution in [1.82, 2.24) is 0 Å². The number of rotatable bonds is 12. The van der Waals surface area contributed by atoms with Crippen molar-refractivity contribution >= 4 is 29.0 Å². The van der Waals surface area contributed by atoms with Crippen LogP contribution in [0.15, 0.2) is 91.0 Å². The summed E-state index contributed by atoms with van der Waals surface area (Å²) in [6.07, 6.45) is 1.00. The van der Waals surface area contributed by atoms with Crippen LogP contribution in [0.2, 0.25) is 0 Å². The monoisotopic (exact) mass is 662 g/mol. The number of Topliss-reactive ketones (excluding diaryl/α,β-unsaturated/α-hetero) is 1. The van der Waals surface area contributed by atoms with E-state index in [-0.39, 0.29) is 6.42 Å². The van der Waals surface area contributed by atoms with Gasteiger partial charge in [0.25, 0.3) is 0 Å². The molecule has 0 spiro atoms. The van der Waals surface area contributed by atoms with E-state index >= 15 is 0 Å². The van der Waals surface area contributed by atoms with Crippen LogP contribution < -0.4 is 20.1 Å². The van der Waals surface area contributed by atoms with Gasteiger partial charge in [-0.05, 0) is 85.7 Å². The predicted octanol–water partition coefficient (Wildman–Crippen LogP) is 7.41. The summed E-state index contributed by atoms with van der Waals surface area (Å²) in [4.78, 5) is 42.6. The normalized spacial score (nSPS) is 20.4. The summed E-state index contributed by atoms with van der Waals surface area (Å²) in [6.45, 7) is 10.0. The van der Waals surface area contributed by atoms with Crippen LogP contribution in [-0.2, 0) is 33.8 Å². The minimum absolute atomic E-state index is 0.312. The van der Waals surface area contributed by atoms with E-state index in [9.17, 15) is 19.5 Å². The fraction of sp³-hybridized carbons (Fsp3) is 0.341. The summed E-state index contributed by atoms with van der Waals surface area (Å²) in [5.74, 6) is -4.02. The van der Waals surface area contributed by atoms with Gasteiger partial charge < -0.3 is 25.2 Å². The molecule has 8 heteroatoms. The lowest BCUT2D eigenvalue weighted by Gasteiger charge is -2.44. The largest absolute Gasteiger partial charge is 0.490 e. The van der Waals surface area contributed by atoms with Crippen LogP contribution in [0.25, 0.3) is 0 Å². The average Bonchev–Trinajstić information content (AvgIpc) is 3.08. The Morgan fingerprint density at radius 2 is 1.35 bits per heavy atom. The minimum atomic E-state index is -1.75. The first-order chi connectivity index (χ1) is 23.6. The summed E-state index contributed by atoms with van der Waals surface area (Å²) >= 11 is 0. The molecule has 1 aliphatic rings. The molecule has 4 atom stereocenters. The van der Waals surface area contributed by atoms with E-state index in [1.807, 2.05) is 94.4 Å². The van der Waals surface area contributed by atoms with Crippen LogP contribution in [0.4, 0.5) is 11.4 Å². The first kappa shape index (κ1) is 35.4. The quantitative estimate of drug-likeness (QED) is 0.136. The van der Waals surface area contributed by atoms with E-state index in [2.05, 4.69) is 10.6 Å². The average molecular weight is 663 g/mol. The van der Waals surface area contributed by atoms with Crippen LogP contribution in [-0.4, -0.2) is 34.9 Å². The summed E-state index contributed by atoms with van der Waals surface area (Å²) < 4.78 is 12.3. The zero-order valence-electron chi connectivity index (χ0n) is 28.9. The van der Waals surface area contributed by atoms with E-state index in [0.717, 1.165) is 22.3 Å². The SMILES string of the molecule is CCOc1cc(C2C(C(=O)Nc3ccccc3CC)C(=O)CC(C)(O)C2C(=O)Nc2ccccc2CC)ccc1OCc1ccccc1C. The zero-order valence-corrected chi connectivity index (χ0v) is 28.9. The summed E-state index contributed by atoms with van der Waals surface area (Å²) in [5.41, 5.74) is 3.94. The van der Waals surface area contributed by atoms with Crippen LogP contribution in [0, 0.1) is 18.8 Å². The fourth-order valence-electron chi connectivity index (χ4n) is 6.86. The lowest BCUT2D eigenvalue weighted by molar-refractivity contribution is -0.150. The van der Waals surface area contributed by atoms with Gasteiger partial charge in [0.15, 0.2) is 11.5 Å². The van der Waals surface area contributed by atoms with Crippen molar-refractivity contribution in [1.29, 1.82) is 0 Å². The van der Waals surface area contributed by atoms with Gasteiger partial charge in [0.2, 0.25) is 11.8 Å². The van der Waals surface area contributed by atoms with Crippen LogP contribution >= 0.6 is 0 Å². The zero-order chi connectivity index (χ0) is 35.1. The van der Waals surface area contributed by atoms with Crippen molar-refractivity contribution in [3.8, 4) is 11.5 Å². The third-order valence-electron chi connectivity index (χ3n) is 9.44. The van der Waals surface area contributed by atoms with Crippen molar-refractivity contribution in [2.75, 3.05) is 17.2 Å². The van der Waals surface area contributed by atoms with Gasteiger partial charge in [-0.1, -0.05) is 80.6 Å². The van der Waals surface area contributed by atoms with Crippen LogP contribution in [0.3, 0.4) is 0 Å². The molecule has 0 radical (unpaired) electrons. The van der Waals surface area contributed by atoms with Gasteiger partial charge in [0.1, 0.15) is 18.3 Å². The topological polar surface area (TPSA) is 114 Å². The molecule has 256 valence electrons. The molecule has 1 saturated carbocycles. The van der Waals surface area contributed by atoms with Crippen LogP contribution in [0.5, 0.6) is 11.5 Å². The Kier molecular flexibility index (Phi) is 11.2. The lowest BCUT2D eigenvalue weighted by atomic mass is 9.61. The molecule has 4 unspecified atom stereocenters. The van der Waals surface area contributed by atoms with Crippen molar-refractivity contribution in [2.45, 2.75) is 72.0 Å². The molecule has 4 aromatic rings. The van der Waals surface area contributed by atoms with E-state index < -0.39 is 41.0 Å². The standard InChI is InChI=1S/C41H46N2O6/c1-6-27-16-11-13-19-31(27)42-39(45)37-33(44)24-41(5,47)38(40(46)43-32-20-14-12-17-28(32)7-2)36(37)29-21-22-34(35(23-29)48-8-3)49-25-30-18-10-9-15-26(30)4/h9-23,36-38,47H,6-8,24-25H2,1-5H3,(H,42,45)(H,43,46). The van der Waals surface area contributed by atoms with E-state index in [1.165, 1.54) is 6.92 Å². The number of ether oxygens (including phenoxy) is 2. The Hall–Kier alpha value is -4.95. The van der Waals surface area contributed by atoms with Gasteiger partial charge in [-0.3, -0.25) is 14.4 Å². The lowest BCUT2D eigenvalue weighted by Crippen LogP contribution is -2.56. The number of amides is 2. The maximum atomic E-state index is 14.4. The number of hydrogen-bond acceptors (Lipinski definition) is 6. The highest BCUT2D eigenvalue weighted by atomic mass is 16.5. The number of aliphatic hydroxyl groups is 1. The van der Waals surface area contributed by atoms with Crippen molar-refractivity contribution in [3.63, 3.8) is 0 Å². The molecule has 2 amide bonds. The van der Waals surface area contributed by atoms with Gasteiger partial charge in [-0.2, -0.15) is 0 Å². The second-order valence-electron chi connectivity index (χ2n) is 12.8. The molecule has 1 aliphatic carbocycles. The molecule has 0 aliphatic heterocycles. The highest BCUT2D eigenvalue weighted by Crippen LogP contribution is 2.48. The number of aryl methyl sites for hydroxylation is 3. The molecule has 1 fully saturated rings. The third kappa shape index (κ3) is 7.86. The molecular formula is C41H46N2O6. The summed E-state index contributed by atoms with van der Waals surface area (Å²) in [5, 5.41) is 17.9. The van der Waals surface area contributed by atoms with Gasteiger partial charge in [0.05, 0.1) is 18.1 Å². The maximum Gasteiger partial charge on any atom is 0.235 e. The first-order valence-corrected chi connectivity index (χ1v) is 17.0. The molecule has 0 aromatic heterocycles. The number of nitrogens with one attached hydrogen (secondary N) is 2. The van der Waals surface area contributed by atoms with Gasteiger partial charge >= 0.3 is 0 Å². The van der Waals surface area contributed by atoms with Crippen molar-refractivity contribution < 1.29 is 29.0 Å². The number of carbonyl (C=O) groups excluding carboxylic acids is 3. The number of para-hydroxylation sites is 2. The number of hydrogen-bond donors (Lipinski definition) is 3. The van der Waals surface area contributed by atoms with Crippen molar-refractivity contribution in [2.24, 2.45) is 11.8 Å². The van der Waals surface area contributed by atoms with E-state index in [1.54, 1.807) is 24.3 Å². The van der Waals surface area contributed by atoms with Crippen LogP contribution in [0.1, 0.15) is 67.9 Å². The Bertz CT molecular complexity index is 1820. The number of carbonyl (C=O) groups is 3. The molecular weight excluding hydrogens is 616 g/mol.